The third-order valence-corrected chi connectivity index (χ3v) is 3.86. The fraction of sp³-hybridized carbons (Fsp3) is 0.300. The summed E-state index contributed by atoms with van der Waals surface area (Å²) in [5, 5.41) is 0. The molecule has 0 saturated heterocycles. The minimum absolute atomic E-state index is 0.151. The molecule has 2 amide bonds. The number of hydrogen-bond donors (Lipinski definition) is 2. The molecule has 2 aromatic carbocycles. The summed E-state index contributed by atoms with van der Waals surface area (Å²) in [6, 6.07) is 14.7. The minimum Gasteiger partial charge on any atom is -0.497 e. The van der Waals surface area contributed by atoms with Crippen LogP contribution in [0.3, 0.4) is 0 Å². The van der Waals surface area contributed by atoms with Crippen LogP contribution in [-0.2, 0) is 22.4 Å². The van der Waals surface area contributed by atoms with Gasteiger partial charge in [0.1, 0.15) is 11.5 Å². The molecule has 138 valence electrons. The Labute approximate surface area is 153 Å². The highest BCUT2D eigenvalue weighted by Crippen LogP contribution is 2.14. The van der Waals surface area contributed by atoms with Crippen molar-refractivity contribution < 1.29 is 19.1 Å². The zero-order valence-electron chi connectivity index (χ0n) is 15.2. The molecule has 0 bridgehead atoms. The van der Waals surface area contributed by atoms with Crippen molar-refractivity contribution in [3.63, 3.8) is 0 Å². The molecule has 6 nitrogen and oxygen atoms in total. The van der Waals surface area contributed by atoms with Gasteiger partial charge in [-0.15, -0.1) is 0 Å². The Bertz CT molecular complexity index is 726. The van der Waals surface area contributed by atoms with E-state index in [-0.39, 0.29) is 12.3 Å². The van der Waals surface area contributed by atoms with Crippen LogP contribution in [0.15, 0.2) is 48.5 Å². The molecule has 0 aromatic heterocycles. The van der Waals surface area contributed by atoms with E-state index in [1.807, 2.05) is 24.3 Å². The van der Waals surface area contributed by atoms with Gasteiger partial charge in [-0.1, -0.05) is 31.2 Å². The summed E-state index contributed by atoms with van der Waals surface area (Å²) in [7, 11) is 1.58. The fourth-order valence-corrected chi connectivity index (χ4v) is 2.27. The third-order valence-electron chi connectivity index (χ3n) is 3.86. The molecule has 0 saturated carbocycles. The standard InChI is InChI=1S/C20H24N2O4/c1-4-15-5-11-18(12-6-15)26-14(2)20(24)22-21-19(23)13-16-7-9-17(25-3)10-8-16/h5-12,14H,4,13H2,1-3H3,(H,21,23)(H,22,24). The van der Waals surface area contributed by atoms with Crippen LogP contribution in [0.2, 0.25) is 0 Å². The predicted molar refractivity (Wildman–Crippen MR) is 98.9 cm³/mol. The highest BCUT2D eigenvalue weighted by molar-refractivity contribution is 5.85. The Hall–Kier alpha value is -3.02. The molecule has 2 N–H and O–H groups in total. The van der Waals surface area contributed by atoms with Crippen molar-refractivity contribution >= 4 is 11.8 Å². The lowest BCUT2D eigenvalue weighted by Gasteiger charge is -2.15. The van der Waals surface area contributed by atoms with Gasteiger partial charge in [-0.05, 0) is 48.7 Å². The van der Waals surface area contributed by atoms with E-state index in [2.05, 4.69) is 17.8 Å². The molecule has 0 spiro atoms. The minimum atomic E-state index is -0.733. The van der Waals surface area contributed by atoms with Crippen molar-refractivity contribution in [3.05, 3.63) is 59.7 Å². The summed E-state index contributed by atoms with van der Waals surface area (Å²) in [6.45, 7) is 3.69. The first-order valence-electron chi connectivity index (χ1n) is 8.49. The van der Waals surface area contributed by atoms with Crippen molar-refractivity contribution in [1.29, 1.82) is 0 Å². The smallest absolute Gasteiger partial charge is 0.279 e. The van der Waals surface area contributed by atoms with E-state index in [0.29, 0.717) is 5.75 Å². The zero-order chi connectivity index (χ0) is 18.9. The van der Waals surface area contributed by atoms with Gasteiger partial charge in [0.2, 0.25) is 5.91 Å². The molecule has 0 heterocycles. The van der Waals surface area contributed by atoms with Gasteiger partial charge in [0, 0.05) is 0 Å². The van der Waals surface area contributed by atoms with Crippen LogP contribution < -0.4 is 20.3 Å². The molecular weight excluding hydrogens is 332 g/mol. The van der Waals surface area contributed by atoms with E-state index in [1.165, 1.54) is 5.56 Å². The lowest BCUT2D eigenvalue weighted by Crippen LogP contribution is -2.47. The van der Waals surface area contributed by atoms with Crippen LogP contribution in [0, 0.1) is 0 Å². The first-order valence-corrected chi connectivity index (χ1v) is 8.49. The highest BCUT2D eigenvalue weighted by Gasteiger charge is 2.15. The lowest BCUT2D eigenvalue weighted by molar-refractivity contribution is -0.132. The molecule has 2 rings (SSSR count). The Morgan fingerprint density at radius 1 is 0.923 bits per heavy atom. The van der Waals surface area contributed by atoms with Crippen molar-refractivity contribution in [3.8, 4) is 11.5 Å². The lowest BCUT2D eigenvalue weighted by atomic mass is 10.1. The van der Waals surface area contributed by atoms with Crippen LogP contribution in [0.5, 0.6) is 11.5 Å². The number of carbonyl (C=O) groups excluding carboxylic acids is 2. The number of amides is 2. The van der Waals surface area contributed by atoms with Gasteiger partial charge in [-0.3, -0.25) is 20.4 Å². The summed E-state index contributed by atoms with van der Waals surface area (Å²) >= 11 is 0. The van der Waals surface area contributed by atoms with E-state index in [0.717, 1.165) is 17.7 Å². The summed E-state index contributed by atoms with van der Waals surface area (Å²) < 4.78 is 10.6. The Morgan fingerprint density at radius 2 is 1.50 bits per heavy atom. The largest absolute Gasteiger partial charge is 0.497 e. The summed E-state index contributed by atoms with van der Waals surface area (Å²) in [4.78, 5) is 24.0. The van der Waals surface area contributed by atoms with E-state index in [9.17, 15) is 9.59 Å². The molecule has 0 radical (unpaired) electrons. The van der Waals surface area contributed by atoms with Crippen LogP contribution in [0.25, 0.3) is 0 Å². The van der Waals surface area contributed by atoms with E-state index in [4.69, 9.17) is 9.47 Å². The van der Waals surface area contributed by atoms with Crippen molar-refractivity contribution in [2.45, 2.75) is 32.8 Å². The summed E-state index contributed by atoms with van der Waals surface area (Å²) in [5.41, 5.74) is 6.79. The monoisotopic (exact) mass is 356 g/mol. The number of hydrogen-bond acceptors (Lipinski definition) is 4. The Kier molecular flexibility index (Phi) is 7.02. The van der Waals surface area contributed by atoms with E-state index >= 15 is 0 Å². The number of ether oxygens (including phenoxy) is 2. The van der Waals surface area contributed by atoms with Crippen molar-refractivity contribution in [1.82, 2.24) is 10.9 Å². The Morgan fingerprint density at radius 3 is 2.08 bits per heavy atom. The molecule has 0 fully saturated rings. The Balaban J connectivity index is 1.77. The van der Waals surface area contributed by atoms with Gasteiger partial charge >= 0.3 is 0 Å². The molecule has 0 aliphatic rings. The number of benzene rings is 2. The van der Waals surface area contributed by atoms with Gasteiger partial charge < -0.3 is 9.47 Å². The first-order chi connectivity index (χ1) is 12.5. The first kappa shape index (κ1) is 19.3. The van der Waals surface area contributed by atoms with Crippen LogP contribution >= 0.6 is 0 Å². The van der Waals surface area contributed by atoms with Crippen LogP contribution in [-0.4, -0.2) is 25.0 Å². The van der Waals surface area contributed by atoms with Crippen molar-refractivity contribution in [2.75, 3.05) is 7.11 Å². The number of carbonyl (C=O) groups is 2. The van der Waals surface area contributed by atoms with Crippen molar-refractivity contribution in [2.24, 2.45) is 0 Å². The molecule has 0 aliphatic carbocycles. The SMILES string of the molecule is CCc1ccc(OC(C)C(=O)NNC(=O)Cc2ccc(OC)cc2)cc1. The third kappa shape index (κ3) is 5.81. The second-order valence-corrected chi connectivity index (χ2v) is 5.82. The normalized spacial score (nSPS) is 11.3. The maximum Gasteiger partial charge on any atom is 0.279 e. The number of rotatable bonds is 7. The summed E-state index contributed by atoms with van der Waals surface area (Å²) in [6.07, 6.45) is 0.359. The molecule has 2 aromatic rings. The van der Waals surface area contributed by atoms with E-state index in [1.54, 1.807) is 38.3 Å². The number of hydrazine groups is 1. The van der Waals surface area contributed by atoms with Crippen LogP contribution in [0.4, 0.5) is 0 Å². The average Bonchev–Trinajstić information content (AvgIpc) is 2.67. The fourth-order valence-electron chi connectivity index (χ4n) is 2.27. The zero-order valence-corrected chi connectivity index (χ0v) is 15.2. The molecular formula is C20H24N2O4. The number of nitrogens with one attached hydrogen (secondary N) is 2. The number of aryl methyl sites for hydroxylation is 1. The molecule has 6 heteroatoms. The summed E-state index contributed by atoms with van der Waals surface area (Å²) in [5.74, 6) is 0.588. The second-order valence-electron chi connectivity index (χ2n) is 5.82. The quantitative estimate of drug-likeness (QED) is 0.747. The molecule has 1 atom stereocenters. The second kappa shape index (κ2) is 9.46. The van der Waals surface area contributed by atoms with Gasteiger partial charge in [-0.25, -0.2) is 0 Å². The van der Waals surface area contributed by atoms with Crippen LogP contribution in [0.1, 0.15) is 25.0 Å². The van der Waals surface area contributed by atoms with Gasteiger partial charge in [0.15, 0.2) is 6.10 Å². The van der Waals surface area contributed by atoms with Gasteiger partial charge in [0.25, 0.3) is 5.91 Å². The number of methoxy groups -OCH3 is 1. The highest BCUT2D eigenvalue weighted by atomic mass is 16.5. The predicted octanol–water partition coefficient (Wildman–Crippen LogP) is 2.42. The van der Waals surface area contributed by atoms with E-state index < -0.39 is 12.0 Å². The molecule has 0 aliphatic heterocycles. The topological polar surface area (TPSA) is 76.7 Å². The maximum absolute atomic E-state index is 12.0. The van der Waals surface area contributed by atoms with Gasteiger partial charge in [-0.2, -0.15) is 0 Å². The van der Waals surface area contributed by atoms with Gasteiger partial charge in [0.05, 0.1) is 13.5 Å². The average molecular weight is 356 g/mol. The molecule has 26 heavy (non-hydrogen) atoms. The maximum atomic E-state index is 12.0. The molecule has 1 unspecified atom stereocenters.